The van der Waals surface area contributed by atoms with Gasteiger partial charge in [-0.25, -0.2) is 0 Å². The average Bonchev–Trinajstić information content (AvgIpc) is 2.34. The topological polar surface area (TPSA) is 27.7 Å². The van der Waals surface area contributed by atoms with Crippen LogP contribution in [0.1, 0.15) is 58.3 Å². The van der Waals surface area contributed by atoms with Crippen LogP contribution < -0.4 is 0 Å². The van der Waals surface area contributed by atoms with Crippen LogP contribution >= 0.6 is 0 Å². The maximum atomic E-state index is 5.24. The van der Waals surface area contributed by atoms with Crippen molar-refractivity contribution in [3.63, 3.8) is 0 Å². The van der Waals surface area contributed by atoms with E-state index in [1.807, 2.05) is 0 Å². The Labute approximate surface area is 119 Å². The second kappa shape index (κ2) is 12.9. The molecule has 17 heavy (non-hydrogen) atoms. The first-order chi connectivity index (χ1) is 7.74. The van der Waals surface area contributed by atoms with Crippen LogP contribution in [-0.2, 0) is 33.7 Å². The van der Waals surface area contributed by atoms with Gasteiger partial charge >= 0.3 is 0 Å². The molecule has 0 aromatic carbocycles. The standard InChI is InChI=1S/C13H28O3.Ru/c1-5-6-7-8-9-10-11-12-13(14-2,15-3)16-4;/h5-12H2,1-4H3;. The summed E-state index contributed by atoms with van der Waals surface area (Å²) >= 11 is 0. The number of unbranched alkanes of at least 4 members (excludes halogenated alkanes) is 6. The van der Waals surface area contributed by atoms with Crippen LogP contribution in [0.25, 0.3) is 0 Å². The van der Waals surface area contributed by atoms with Crippen molar-refractivity contribution in [1.29, 1.82) is 0 Å². The Kier molecular flexibility index (Phi) is 15.1. The Bertz CT molecular complexity index is 141. The monoisotopic (exact) mass is 334 g/mol. The van der Waals surface area contributed by atoms with Gasteiger partial charge in [0, 0.05) is 47.2 Å². The number of hydrogen-bond acceptors (Lipinski definition) is 3. The van der Waals surface area contributed by atoms with Crippen molar-refractivity contribution < 1.29 is 33.7 Å². The first kappa shape index (κ1) is 19.8. The van der Waals surface area contributed by atoms with Crippen LogP contribution in [0.3, 0.4) is 0 Å². The Morgan fingerprint density at radius 1 is 0.706 bits per heavy atom. The minimum Gasteiger partial charge on any atom is -0.331 e. The fourth-order valence-corrected chi connectivity index (χ4v) is 1.85. The third kappa shape index (κ3) is 9.13. The molecule has 0 atom stereocenters. The van der Waals surface area contributed by atoms with E-state index in [0.717, 1.165) is 12.8 Å². The molecule has 0 aromatic heterocycles. The van der Waals surface area contributed by atoms with E-state index in [9.17, 15) is 0 Å². The van der Waals surface area contributed by atoms with Crippen molar-refractivity contribution in [2.75, 3.05) is 21.3 Å². The van der Waals surface area contributed by atoms with Crippen LogP contribution in [0.15, 0.2) is 0 Å². The quantitative estimate of drug-likeness (QED) is 0.328. The largest absolute Gasteiger partial charge is 0.331 e. The molecule has 0 aromatic rings. The summed E-state index contributed by atoms with van der Waals surface area (Å²) in [5.74, 6) is -0.830. The Morgan fingerprint density at radius 2 is 1.12 bits per heavy atom. The van der Waals surface area contributed by atoms with Gasteiger partial charge in [-0.15, -0.1) is 0 Å². The molecule has 0 N–H and O–H groups in total. The van der Waals surface area contributed by atoms with Gasteiger partial charge in [-0.05, 0) is 6.42 Å². The Morgan fingerprint density at radius 3 is 1.53 bits per heavy atom. The Balaban J connectivity index is 0. The maximum absolute atomic E-state index is 5.24. The fraction of sp³-hybridized carbons (Fsp3) is 1.00. The molecule has 106 valence electrons. The number of hydrogen-bond donors (Lipinski definition) is 0. The van der Waals surface area contributed by atoms with Crippen LogP contribution in [0, 0.1) is 0 Å². The van der Waals surface area contributed by atoms with Crippen molar-refractivity contribution in [3.8, 4) is 0 Å². The van der Waals surface area contributed by atoms with Crippen molar-refractivity contribution in [2.24, 2.45) is 0 Å². The number of ether oxygens (including phenoxy) is 3. The summed E-state index contributed by atoms with van der Waals surface area (Å²) in [6.45, 7) is 2.24. The smallest absolute Gasteiger partial charge is 0.282 e. The molecule has 0 aliphatic heterocycles. The zero-order valence-electron chi connectivity index (χ0n) is 11.7. The molecule has 0 spiro atoms. The van der Waals surface area contributed by atoms with Crippen LogP contribution in [0.5, 0.6) is 0 Å². The molecule has 0 bridgehead atoms. The summed E-state index contributed by atoms with van der Waals surface area (Å²) in [4.78, 5) is 0. The molecular weight excluding hydrogens is 305 g/mol. The second-order valence-electron chi connectivity index (χ2n) is 4.17. The van der Waals surface area contributed by atoms with E-state index in [1.165, 1.54) is 38.5 Å². The zero-order chi connectivity index (χ0) is 12.3. The third-order valence-corrected chi connectivity index (χ3v) is 3.02. The fourth-order valence-electron chi connectivity index (χ4n) is 1.85. The predicted octanol–water partition coefficient (Wildman–Crippen LogP) is 3.72. The normalized spacial score (nSPS) is 11.3. The summed E-state index contributed by atoms with van der Waals surface area (Å²) in [5, 5.41) is 0. The summed E-state index contributed by atoms with van der Waals surface area (Å²) in [6, 6.07) is 0. The van der Waals surface area contributed by atoms with Gasteiger partial charge < -0.3 is 14.2 Å². The molecule has 0 heterocycles. The molecule has 0 aliphatic rings. The molecule has 0 saturated carbocycles. The van der Waals surface area contributed by atoms with Gasteiger partial charge in [0.25, 0.3) is 5.97 Å². The van der Waals surface area contributed by atoms with E-state index in [4.69, 9.17) is 14.2 Å². The molecule has 3 nitrogen and oxygen atoms in total. The van der Waals surface area contributed by atoms with Gasteiger partial charge in [-0.1, -0.05) is 45.4 Å². The summed E-state index contributed by atoms with van der Waals surface area (Å²) in [5.41, 5.74) is 0. The second-order valence-corrected chi connectivity index (χ2v) is 4.17. The molecular formula is C13H28O3Ru. The van der Waals surface area contributed by atoms with Gasteiger partial charge in [0.05, 0.1) is 0 Å². The van der Waals surface area contributed by atoms with Gasteiger partial charge in [-0.2, -0.15) is 0 Å². The van der Waals surface area contributed by atoms with E-state index >= 15 is 0 Å². The van der Waals surface area contributed by atoms with Crippen molar-refractivity contribution in [2.45, 2.75) is 64.3 Å². The van der Waals surface area contributed by atoms with Gasteiger partial charge in [0.1, 0.15) is 0 Å². The molecule has 0 fully saturated rings. The van der Waals surface area contributed by atoms with Crippen LogP contribution in [0.4, 0.5) is 0 Å². The minimum absolute atomic E-state index is 0. The van der Waals surface area contributed by atoms with E-state index in [1.54, 1.807) is 21.3 Å². The molecule has 0 amide bonds. The van der Waals surface area contributed by atoms with Gasteiger partial charge in [0.15, 0.2) is 0 Å². The SMILES string of the molecule is CCCCCCCCCC(OC)(OC)OC.[Ru]. The average molecular weight is 333 g/mol. The van der Waals surface area contributed by atoms with E-state index in [2.05, 4.69) is 6.92 Å². The first-order valence-electron chi connectivity index (χ1n) is 6.40. The van der Waals surface area contributed by atoms with Crippen LogP contribution in [0.2, 0.25) is 0 Å². The zero-order valence-corrected chi connectivity index (χ0v) is 13.5. The maximum Gasteiger partial charge on any atom is 0.282 e. The molecule has 0 saturated heterocycles. The van der Waals surface area contributed by atoms with Crippen molar-refractivity contribution in [3.05, 3.63) is 0 Å². The minimum atomic E-state index is -0.830. The van der Waals surface area contributed by atoms with Crippen molar-refractivity contribution in [1.82, 2.24) is 0 Å². The van der Waals surface area contributed by atoms with Crippen LogP contribution in [-0.4, -0.2) is 27.3 Å². The van der Waals surface area contributed by atoms with E-state index < -0.39 is 5.97 Å². The first-order valence-corrected chi connectivity index (χ1v) is 6.40. The summed E-state index contributed by atoms with van der Waals surface area (Å²) in [6.07, 6.45) is 9.77. The van der Waals surface area contributed by atoms with Gasteiger partial charge in [0.2, 0.25) is 0 Å². The van der Waals surface area contributed by atoms with E-state index in [0.29, 0.717) is 0 Å². The van der Waals surface area contributed by atoms with Crippen molar-refractivity contribution >= 4 is 0 Å². The summed E-state index contributed by atoms with van der Waals surface area (Å²) < 4.78 is 15.7. The summed E-state index contributed by atoms with van der Waals surface area (Å²) in [7, 11) is 4.86. The molecule has 0 aliphatic carbocycles. The van der Waals surface area contributed by atoms with E-state index in [-0.39, 0.29) is 19.5 Å². The number of methoxy groups -OCH3 is 3. The predicted molar refractivity (Wildman–Crippen MR) is 66.4 cm³/mol. The molecule has 4 heteroatoms. The molecule has 0 rings (SSSR count). The van der Waals surface area contributed by atoms with Gasteiger partial charge in [-0.3, -0.25) is 0 Å². The Hall–Kier alpha value is 0.503. The third-order valence-electron chi connectivity index (χ3n) is 3.02. The molecule has 0 unspecified atom stereocenters. The molecule has 0 radical (unpaired) electrons. The number of rotatable bonds is 11.